The largest absolute Gasteiger partial charge is 0.350 e. The van der Waals surface area contributed by atoms with Crippen molar-refractivity contribution in [1.82, 2.24) is 4.57 Å². The van der Waals surface area contributed by atoms with Gasteiger partial charge < -0.3 is 4.57 Å². The number of para-hydroxylation sites is 1. The van der Waals surface area contributed by atoms with E-state index in [0.717, 1.165) is 25.8 Å². The fourth-order valence-electron chi connectivity index (χ4n) is 2.11. The van der Waals surface area contributed by atoms with Crippen LogP contribution in [0.1, 0.15) is 15.9 Å². The molecule has 90 valence electrons. The number of nitrogens with zero attached hydrogens (tertiary/aromatic N) is 1. The molecule has 0 aliphatic carbocycles. The fraction of sp³-hybridized carbons (Fsp3) is 0.0714. The summed E-state index contributed by atoms with van der Waals surface area (Å²) in [5.74, 6) is 0.0775. The van der Waals surface area contributed by atoms with E-state index in [4.69, 9.17) is 0 Å². The minimum absolute atomic E-state index is 0.0775. The van der Waals surface area contributed by atoms with Gasteiger partial charge in [0.2, 0.25) is 0 Å². The Morgan fingerprint density at radius 2 is 2.11 bits per heavy atom. The number of benzene rings is 1. The number of aromatic nitrogens is 1. The van der Waals surface area contributed by atoms with Gasteiger partial charge >= 0.3 is 0 Å². The van der Waals surface area contributed by atoms with Crippen molar-refractivity contribution in [3.8, 4) is 0 Å². The van der Waals surface area contributed by atoms with Crippen molar-refractivity contribution >= 4 is 44.0 Å². The first-order valence-corrected chi connectivity index (χ1v) is 7.17. The van der Waals surface area contributed by atoms with Crippen LogP contribution in [0.3, 0.4) is 0 Å². The number of hydrogen-bond acceptors (Lipinski definition) is 2. The molecular weight excluding hydrogens is 310 g/mol. The van der Waals surface area contributed by atoms with Crippen LogP contribution >= 0.6 is 27.3 Å². The summed E-state index contributed by atoms with van der Waals surface area (Å²) in [5, 5.41) is 2.89. The average molecular weight is 320 g/mol. The van der Waals surface area contributed by atoms with Crippen molar-refractivity contribution in [2.75, 3.05) is 0 Å². The minimum atomic E-state index is 0.0775. The molecule has 3 rings (SSSR count). The Morgan fingerprint density at radius 1 is 1.33 bits per heavy atom. The lowest BCUT2D eigenvalue weighted by Gasteiger charge is -1.95. The zero-order chi connectivity index (χ0) is 12.7. The van der Waals surface area contributed by atoms with Gasteiger partial charge in [-0.05, 0) is 28.1 Å². The maximum absolute atomic E-state index is 12.5. The monoisotopic (exact) mass is 319 g/mol. The SMILES string of the molecule is Cn1cc(C(=O)c2csc(Br)c2)c2ccccc21. The lowest BCUT2D eigenvalue weighted by molar-refractivity contribution is 0.104. The molecule has 0 unspecified atom stereocenters. The molecule has 1 aromatic carbocycles. The number of rotatable bonds is 2. The van der Waals surface area contributed by atoms with Gasteiger partial charge in [0.15, 0.2) is 5.78 Å². The predicted molar refractivity (Wildman–Crippen MR) is 78.4 cm³/mol. The highest BCUT2D eigenvalue weighted by molar-refractivity contribution is 9.11. The third-order valence-electron chi connectivity index (χ3n) is 2.97. The molecule has 0 radical (unpaired) electrons. The highest BCUT2D eigenvalue weighted by Crippen LogP contribution is 2.26. The van der Waals surface area contributed by atoms with E-state index in [1.807, 2.05) is 53.5 Å². The van der Waals surface area contributed by atoms with Crippen molar-refractivity contribution in [2.45, 2.75) is 0 Å². The van der Waals surface area contributed by atoms with Crippen LogP contribution in [0, 0.1) is 0 Å². The molecule has 0 aliphatic heterocycles. The van der Waals surface area contributed by atoms with Crippen LogP contribution in [0.25, 0.3) is 10.9 Å². The molecule has 2 heterocycles. The van der Waals surface area contributed by atoms with Crippen LogP contribution in [-0.2, 0) is 7.05 Å². The van der Waals surface area contributed by atoms with E-state index in [-0.39, 0.29) is 5.78 Å². The molecule has 0 aliphatic rings. The van der Waals surface area contributed by atoms with Crippen LogP contribution in [0.5, 0.6) is 0 Å². The molecule has 18 heavy (non-hydrogen) atoms. The Morgan fingerprint density at radius 3 is 2.83 bits per heavy atom. The minimum Gasteiger partial charge on any atom is -0.350 e. The third-order valence-corrected chi connectivity index (χ3v) is 4.48. The summed E-state index contributed by atoms with van der Waals surface area (Å²) >= 11 is 4.92. The predicted octanol–water partition coefficient (Wildman–Crippen LogP) is 4.23. The fourth-order valence-corrected chi connectivity index (χ4v) is 3.24. The van der Waals surface area contributed by atoms with Gasteiger partial charge in [0.05, 0.1) is 3.79 Å². The van der Waals surface area contributed by atoms with Crippen molar-refractivity contribution < 1.29 is 4.79 Å². The Hall–Kier alpha value is -1.39. The first kappa shape index (κ1) is 11.7. The van der Waals surface area contributed by atoms with Crippen LogP contribution in [0.15, 0.2) is 45.7 Å². The second-order valence-corrected chi connectivity index (χ2v) is 6.43. The normalized spacial score (nSPS) is 11.0. The van der Waals surface area contributed by atoms with E-state index in [0.29, 0.717) is 0 Å². The van der Waals surface area contributed by atoms with Gasteiger partial charge in [-0.25, -0.2) is 0 Å². The second kappa shape index (κ2) is 4.37. The topological polar surface area (TPSA) is 22.0 Å². The van der Waals surface area contributed by atoms with E-state index in [1.165, 1.54) is 11.3 Å². The lowest BCUT2D eigenvalue weighted by atomic mass is 10.1. The molecule has 0 N–H and O–H groups in total. The highest BCUT2D eigenvalue weighted by Gasteiger charge is 2.16. The van der Waals surface area contributed by atoms with Crippen LogP contribution in [-0.4, -0.2) is 10.4 Å². The van der Waals surface area contributed by atoms with Gasteiger partial charge in [0.1, 0.15) is 0 Å². The van der Waals surface area contributed by atoms with Crippen LogP contribution in [0.4, 0.5) is 0 Å². The first-order chi connectivity index (χ1) is 8.66. The van der Waals surface area contributed by atoms with E-state index in [1.54, 1.807) is 0 Å². The number of halogens is 1. The van der Waals surface area contributed by atoms with Gasteiger partial charge in [-0.2, -0.15) is 0 Å². The number of carbonyl (C=O) groups is 1. The summed E-state index contributed by atoms with van der Waals surface area (Å²) in [5.41, 5.74) is 2.58. The molecule has 4 heteroatoms. The number of hydrogen-bond donors (Lipinski definition) is 0. The Labute approximate surface area is 117 Å². The van der Waals surface area contributed by atoms with Crippen LogP contribution < -0.4 is 0 Å². The summed E-state index contributed by atoms with van der Waals surface area (Å²) in [6, 6.07) is 9.83. The molecule has 0 spiro atoms. The zero-order valence-corrected chi connectivity index (χ0v) is 12.1. The van der Waals surface area contributed by atoms with Gasteiger partial charge in [-0.1, -0.05) is 18.2 Å². The molecular formula is C14H10BrNOS. The molecule has 0 saturated carbocycles. The molecule has 0 saturated heterocycles. The van der Waals surface area contributed by atoms with Gasteiger partial charge in [0, 0.05) is 40.7 Å². The number of ketones is 1. The molecule has 0 bridgehead atoms. The van der Waals surface area contributed by atoms with Gasteiger partial charge in [-0.15, -0.1) is 11.3 Å². The van der Waals surface area contributed by atoms with Crippen LogP contribution in [0.2, 0.25) is 0 Å². The highest BCUT2D eigenvalue weighted by atomic mass is 79.9. The molecule has 0 amide bonds. The van der Waals surface area contributed by atoms with Crippen molar-refractivity contribution in [1.29, 1.82) is 0 Å². The lowest BCUT2D eigenvalue weighted by Crippen LogP contribution is -1.98. The smallest absolute Gasteiger partial charge is 0.196 e. The van der Waals surface area contributed by atoms with E-state index < -0.39 is 0 Å². The van der Waals surface area contributed by atoms with Crippen molar-refractivity contribution in [3.05, 3.63) is 56.8 Å². The van der Waals surface area contributed by atoms with E-state index in [9.17, 15) is 4.79 Å². The Bertz CT molecular complexity index is 741. The summed E-state index contributed by atoms with van der Waals surface area (Å²) < 4.78 is 2.97. The summed E-state index contributed by atoms with van der Waals surface area (Å²) in [7, 11) is 1.96. The molecule has 3 aromatic rings. The zero-order valence-electron chi connectivity index (χ0n) is 9.68. The summed E-state index contributed by atoms with van der Waals surface area (Å²) in [4.78, 5) is 12.5. The summed E-state index contributed by atoms with van der Waals surface area (Å²) in [6.07, 6.45) is 1.90. The second-order valence-electron chi connectivity index (χ2n) is 4.14. The summed E-state index contributed by atoms with van der Waals surface area (Å²) in [6.45, 7) is 0. The number of fused-ring (bicyclic) bond motifs is 1. The van der Waals surface area contributed by atoms with Gasteiger partial charge in [0.25, 0.3) is 0 Å². The molecule has 0 atom stereocenters. The van der Waals surface area contributed by atoms with E-state index >= 15 is 0 Å². The number of aryl methyl sites for hydroxylation is 1. The Kier molecular flexibility index (Phi) is 2.84. The number of carbonyl (C=O) groups excluding carboxylic acids is 1. The third kappa shape index (κ3) is 1.82. The van der Waals surface area contributed by atoms with Crippen molar-refractivity contribution in [2.24, 2.45) is 7.05 Å². The van der Waals surface area contributed by atoms with Gasteiger partial charge in [-0.3, -0.25) is 4.79 Å². The standard InChI is InChI=1S/C14H10BrNOS/c1-16-7-11(10-4-2-3-5-12(10)16)14(17)9-6-13(15)18-8-9/h2-8H,1H3. The average Bonchev–Trinajstić information content (AvgIpc) is 2.94. The molecule has 2 nitrogen and oxygen atoms in total. The first-order valence-electron chi connectivity index (χ1n) is 5.49. The quantitative estimate of drug-likeness (QED) is 0.648. The van der Waals surface area contributed by atoms with E-state index in [2.05, 4.69) is 15.9 Å². The molecule has 0 fully saturated rings. The molecule has 2 aromatic heterocycles. The number of thiophene rings is 1. The Balaban J connectivity index is 2.18. The maximum atomic E-state index is 12.5. The maximum Gasteiger partial charge on any atom is 0.196 e. The van der Waals surface area contributed by atoms with Crippen molar-refractivity contribution in [3.63, 3.8) is 0 Å².